The molecule has 1 amide bonds. The van der Waals surface area contributed by atoms with Crippen molar-refractivity contribution in [1.29, 1.82) is 0 Å². The molecule has 0 aromatic rings. The minimum atomic E-state index is -4.34. The van der Waals surface area contributed by atoms with Crippen molar-refractivity contribution in [2.45, 2.75) is 244 Å². The molecule has 0 aliphatic heterocycles. The fourth-order valence-corrected chi connectivity index (χ4v) is 7.95. The molecule has 8 nitrogen and oxygen atoms in total. The fourth-order valence-electron chi connectivity index (χ4n) is 7.21. The molecule has 0 saturated heterocycles. The summed E-state index contributed by atoms with van der Waals surface area (Å²) in [6.45, 7) is 4.83. The number of quaternary nitrogens is 1. The molecule has 0 bridgehead atoms. The Hall–Kier alpha value is -1.02. The molecule has 0 aliphatic rings. The lowest BCUT2D eigenvalue weighted by Gasteiger charge is -2.25. The van der Waals surface area contributed by atoms with Gasteiger partial charge in [0.05, 0.1) is 39.9 Å². The summed E-state index contributed by atoms with van der Waals surface area (Å²) < 4.78 is 23.6. The molecule has 3 atom stereocenters. The summed E-state index contributed by atoms with van der Waals surface area (Å²) in [5.41, 5.74) is 0. The number of nitrogens with zero attached hydrogens (tertiary/aromatic N) is 1. The number of likely N-dealkylation sites (N-methyl/N-ethyl adjacent to an activating group) is 1. The number of carbonyl (C=O) groups is 1. The van der Waals surface area contributed by atoms with Crippen LogP contribution in [0.5, 0.6) is 0 Å². The molecule has 0 radical (unpaired) electrons. The molecule has 0 aliphatic carbocycles. The van der Waals surface area contributed by atoms with Crippen molar-refractivity contribution >= 4 is 13.7 Å². The molecule has 0 rings (SSSR count). The summed E-state index contributed by atoms with van der Waals surface area (Å²) in [4.78, 5) is 23.2. The predicted octanol–water partition coefficient (Wildman–Crippen LogP) is 14.1. The highest BCUT2D eigenvalue weighted by atomic mass is 31.2. The Morgan fingerprint density at radius 1 is 0.569 bits per heavy atom. The van der Waals surface area contributed by atoms with E-state index in [1.54, 1.807) is 6.08 Å². The lowest BCUT2D eigenvalue weighted by Crippen LogP contribution is -2.45. The van der Waals surface area contributed by atoms with Gasteiger partial charge in [-0.05, 0) is 44.9 Å². The molecule has 1 unspecified atom stereocenters. The average Bonchev–Trinajstić information content (AvgIpc) is 3.17. The Kier molecular flexibility index (Phi) is 40.6. The van der Waals surface area contributed by atoms with Gasteiger partial charge in [0.25, 0.3) is 0 Å². The van der Waals surface area contributed by atoms with E-state index in [2.05, 4.69) is 31.3 Å². The minimum Gasteiger partial charge on any atom is -0.387 e. The normalized spacial score (nSPS) is 14.4. The highest BCUT2D eigenvalue weighted by Crippen LogP contribution is 2.43. The zero-order valence-corrected chi connectivity index (χ0v) is 39.9. The number of aliphatic hydroxyl groups is 1. The van der Waals surface area contributed by atoms with Crippen molar-refractivity contribution in [3.63, 3.8) is 0 Å². The molecule has 58 heavy (non-hydrogen) atoms. The van der Waals surface area contributed by atoms with Gasteiger partial charge in [0.2, 0.25) is 5.91 Å². The predicted molar refractivity (Wildman–Crippen MR) is 249 cm³/mol. The fraction of sp³-hybridized carbons (Fsp3) is 0.898. The van der Waals surface area contributed by atoms with Crippen LogP contribution in [0.3, 0.4) is 0 Å². The summed E-state index contributed by atoms with van der Waals surface area (Å²) in [5, 5.41) is 13.9. The third-order valence-electron chi connectivity index (χ3n) is 11.2. The van der Waals surface area contributed by atoms with Gasteiger partial charge in [-0.3, -0.25) is 13.8 Å². The first-order valence-electron chi connectivity index (χ1n) is 24.7. The van der Waals surface area contributed by atoms with Crippen molar-refractivity contribution in [2.24, 2.45) is 0 Å². The SMILES string of the molecule is CCCCCCCC/C=C/CCCCCCCCCCCC(=O)N[C@@H](COP(=O)(O)OCC[N+](C)(C)C)[C@H](O)/C=C/CCCCCCCCCCCCCCCCC. The number of unbranched alkanes of at least 4 members (excludes halogenated alkanes) is 30. The highest BCUT2D eigenvalue weighted by Gasteiger charge is 2.27. The van der Waals surface area contributed by atoms with E-state index in [0.717, 1.165) is 38.5 Å². The van der Waals surface area contributed by atoms with E-state index in [4.69, 9.17) is 9.05 Å². The van der Waals surface area contributed by atoms with Gasteiger partial charge in [0.15, 0.2) is 0 Å². The number of phosphoric acid groups is 1. The maximum Gasteiger partial charge on any atom is 0.472 e. The first-order valence-corrected chi connectivity index (χ1v) is 26.2. The number of amides is 1. The van der Waals surface area contributed by atoms with Gasteiger partial charge in [0, 0.05) is 6.42 Å². The van der Waals surface area contributed by atoms with Gasteiger partial charge in [-0.1, -0.05) is 205 Å². The largest absolute Gasteiger partial charge is 0.472 e. The molecule has 0 heterocycles. The zero-order chi connectivity index (χ0) is 42.8. The Balaban J connectivity index is 4.34. The lowest BCUT2D eigenvalue weighted by atomic mass is 10.0. The van der Waals surface area contributed by atoms with Crippen LogP contribution >= 0.6 is 7.82 Å². The molecule has 344 valence electrons. The van der Waals surface area contributed by atoms with Gasteiger partial charge < -0.3 is 19.8 Å². The van der Waals surface area contributed by atoms with E-state index >= 15 is 0 Å². The maximum absolute atomic E-state index is 12.9. The second-order valence-corrected chi connectivity index (χ2v) is 19.6. The second kappa shape index (κ2) is 41.3. The maximum atomic E-state index is 12.9. The monoisotopic (exact) mass is 842 g/mol. The van der Waals surface area contributed by atoms with Crippen molar-refractivity contribution in [3.8, 4) is 0 Å². The van der Waals surface area contributed by atoms with Crippen molar-refractivity contribution in [2.75, 3.05) is 40.9 Å². The number of allylic oxidation sites excluding steroid dienone is 3. The average molecular weight is 842 g/mol. The number of carbonyl (C=O) groups excluding carboxylic acids is 1. The molecule has 9 heteroatoms. The van der Waals surface area contributed by atoms with Gasteiger partial charge in [0.1, 0.15) is 13.2 Å². The molecule has 0 aromatic heterocycles. The summed E-state index contributed by atoms with van der Waals surface area (Å²) in [7, 11) is 1.58. The van der Waals surface area contributed by atoms with E-state index in [-0.39, 0.29) is 19.1 Å². The third kappa shape index (κ3) is 43.1. The highest BCUT2D eigenvalue weighted by molar-refractivity contribution is 7.47. The van der Waals surface area contributed by atoms with E-state index in [9.17, 15) is 19.4 Å². The lowest BCUT2D eigenvalue weighted by molar-refractivity contribution is -0.870. The molecule has 0 fully saturated rings. The van der Waals surface area contributed by atoms with Crippen molar-refractivity contribution in [3.05, 3.63) is 24.3 Å². The topological polar surface area (TPSA) is 105 Å². The van der Waals surface area contributed by atoms with Crippen LogP contribution in [0.15, 0.2) is 24.3 Å². The van der Waals surface area contributed by atoms with Gasteiger partial charge in [-0.2, -0.15) is 0 Å². The van der Waals surface area contributed by atoms with Crippen LogP contribution in [0.25, 0.3) is 0 Å². The second-order valence-electron chi connectivity index (χ2n) is 18.2. The van der Waals surface area contributed by atoms with E-state index in [0.29, 0.717) is 17.4 Å². The van der Waals surface area contributed by atoms with Crippen LogP contribution in [0.4, 0.5) is 0 Å². The third-order valence-corrected chi connectivity index (χ3v) is 12.1. The molecular formula is C49H98N2O6P+. The Bertz CT molecular complexity index is 1000. The number of hydrogen-bond donors (Lipinski definition) is 3. The van der Waals surface area contributed by atoms with Crippen molar-refractivity contribution < 1.29 is 32.9 Å². The Morgan fingerprint density at radius 2 is 0.931 bits per heavy atom. The van der Waals surface area contributed by atoms with Crippen LogP contribution in [0.1, 0.15) is 232 Å². The number of phosphoric ester groups is 1. The molecule has 0 aromatic carbocycles. The van der Waals surface area contributed by atoms with Gasteiger partial charge in [-0.15, -0.1) is 0 Å². The zero-order valence-electron chi connectivity index (χ0n) is 39.0. The van der Waals surface area contributed by atoms with Gasteiger partial charge >= 0.3 is 7.82 Å². The van der Waals surface area contributed by atoms with Crippen LogP contribution in [-0.2, 0) is 18.4 Å². The summed E-state index contributed by atoms with van der Waals surface area (Å²) in [6, 6.07) is -0.844. The number of aliphatic hydroxyl groups excluding tert-OH is 1. The molecule has 0 saturated carbocycles. The van der Waals surface area contributed by atoms with Crippen LogP contribution in [0, 0.1) is 0 Å². The van der Waals surface area contributed by atoms with Crippen LogP contribution < -0.4 is 5.32 Å². The molecular weight excluding hydrogens is 744 g/mol. The minimum absolute atomic E-state index is 0.0625. The van der Waals surface area contributed by atoms with Crippen molar-refractivity contribution in [1.82, 2.24) is 5.32 Å². The first-order chi connectivity index (χ1) is 28.0. The van der Waals surface area contributed by atoms with Crippen LogP contribution in [-0.4, -0.2) is 73.4 Å². The number of rotatable bonds is 45. The Morgan fingerprint density at radius 3 is 1.33 bits per heavy atom. The Labute approximate surface area is 360 Å². The summed E-state index contributed by atoms with van der Waals surface area (Å²) in [5.74, 6) is -0.178. The summed E-state index contributed by atoms with van der Waals surface area (Å²) >= 11 is 0. The number of nitrogens with one attached hydrogen (secondary N) is 1. The van der Waals surface area contributed by atoms with E-state index in [1.807, 2.05) is 27.2 Å². The van der Waals surface area contributed by atoms with E-state index < -0.39 is 20.0 Å². The molecule has 3 N–H and O–H groups in total. The molecule has 0 spiro atoms. The summed E-state index contributed by atoms with van der Waals surface area (Å²) in [6.07, 6.45) is 49.6. The number of hydrogen-bond acceptors (Lipinski definition) is 5. The van der Waals surface area contributed by atoms with Crippen LogP contribution in [0.2, 0.25) is 0 Å². The van der Waals surface area contributed by atoms with Gasteiger partial charge in [-0.25, -0.2) is 4.57 Å². The smallest absolute Gasteiger partial charge is 0.387 e. The standard InChI is InChI=1S/C49H97N2O6P/c1-6-8-10-12-14-16-18-20-22-24-25-27-29-31-33-35-37-39-41-43-49(53)50-47(46-57-58(54,55)56-45-44-51(3,4)5)48(52)42-40-38-36-34-32-30-28-26-23-21-19-17-15-13-11-9-7-2/h20,22,40,42,47-48,52H,6-19,21,23-39,41,43-46H2,1-5H3,(H-,50,53,54,55)/p+1/b22-20+,42-40+/t47-,48+/m0/s1. The quantitative estimate of drug-likeness (QED) is 0.0244. The first kappa shape index (κ1) is 57.0. The van der Waals surface area contributed by atoms with E-state index in [1.165, 1.54) is 173 Å².